The Kier molecular flexibility index (Phi) is 4.83. The van der Waals surface area contributed by atoms with Crippen LogP contribution in [0.5, 0.6) is 0 Å². The van der Waals surface area contributed by atoms with Crippen molar-refractivity contribution in [1.82, 2.24) is 4.90 Å². The monoisotopic (exact) mass is 332 g/mol. The van der Waals surface area contributed by atoms with Crippen molar-refractivity contribution in [3.63, 3.8) is 0 Å². The van der Waals surface area contributed by atoms with E-state index in [1.165, 1.54) is 5.56 Å². The van der Waals surface area contributed by atoms with Crippen LogP contribution in [-0.4, -0.2) is 36.7 Å². The third-order valence-corrected chi connectivity index (χ3v) is 5.85. The molecule has 1 saturated heterocycles. The van der Waals surface area contributed by atoms with Crippen LogP contribution in [0.2, 0.25) is 0 Å². The summed E-state index contributed by atoms with van der Waals surface area (Å²) in [5.41, 5.74) is 7.77. The summed E-state index contributed by atoms with van der Waals surface area (Å²) in [6.45, 7) is 8.06. The average Bonchev–Trinajstić information content (AvgIpc) is 2.84. The minimum absolute atomic E-state index is 0.00657. The lowest BCUT2D eigenvalue weighted by atomic mass is 9.84. The number of halogens is 1. The highest BCUT2D eigenvalue weighted by molar-refractivity contribution is 9.10. The Hall–Kier alpha value is 0.0600. The minimum atomic E-state index is -0.00657. The van der Waals surface area contributed by atoms with Crippen LogP contribution in [0.25, 0.3) is 0 Å². The molecule has 2 atom stereocenters. The van der Waals surface area contributed by atoms with Crippen LogP contribution in [0, 0.1) is 0 Å². The maximum Gasteiger partial charge on any atom is 0.0594 e. The zero-order chi connectivity index (χ0) is 13.2. The van der Waals surface area contributed by atoms with Crippen LogP contribution >= 0.6 is 27.3 Å². The van der Waals surface area contributed by atoms with Gasteiger partial charge in [0.1, 0.15) is 0 Å². The number of rotatable bonds is 4. The van der Waals surface area contributed by atoms with E-state index < -0.39 is 0 Å². The largest absolute Gasteiger partial charge is 0.379 e. The molecule has 2 N–H and O–H groups in total. The highest BCUT2D eigenvalue weighted by Crippen LogP contribution is 2.37. The fourth-order valence-electron chi connectivity index (χ4n) is 2.56. The van der Waals surface area contributed by atoms with Crippen molar-refractivity contribution >= 4 is 27.3 Å². The molecule has 0 aliphatic carbocycles. The summed E-state index contributed by atoms with van der Waals surface area (Å²) in [5.74, 6) is 0. The maximum absolute atomic E-state index is 6.55. The van der Waals surface area contributed by atoms with Crippen molar-refractivity contribution in [3.05, 3.63) is 20.8 Å². The van der Waals surface area contributed by atoms with E-state index in [0.717, 1.165) is 37.2 Å². The Morgan fingerprint density at radius 2 is 2.17 bits per heavy atom. The summed E-state index contributed by atoms with van der Waals surface area (Å²) < 4.78 is 6.58. The summed E-state index contributed by atoms with van der Waals surface area (Å²) in [4.78, 5) is 2.48. The van der Waals surface area contributed by atoms with Crippen molar-refractivity contribution in [3.8, 4) is 0 Å². The molecule has 1 aromatic heterocycles. The van der Waals surface area contributed by atoms with Gasteiger partial charge in [-0.25, -0.2) is 0 Å². The summed E-state index contributed by atoms with van der Waals surface area (Å²) >= 11 is 5.30. The first-order chi connectivity index (χ1) is 8.59. The Labute approximate surface area is 121 Å². The number of hydrogen-bond acceptors (Lipinski definition) is 4. The zero-order valence-electron chi connectivity index (χ0n) is 11.0. The highest BCUT2D eigenvalue weighted by Gasteiger charge is 2.38. The third kappa shape index (κ3) is 2.65. The fourth-order valence-corrected chi connectivity index (χ4v) is 4.14. The third-order valence-electron chi connectivity index (χ3n) is 4.10. The van der Waals surface area contributed by atoms with Crippen molar-refractivity contribution in [2.45, 2.75) is 31.8 Å². The smallest absolute Gasteiger partial charge is 0.0594 e. The molecule has 2 unspecified atom stereocenters. The van der Waals surface area contributed by atoms with Gasteiger partial charge in [0.25, 0.3) is 0 Å². The van der Waals surface area contributed by atoms with Gasteiger partial charge in [-0.3, -0.25) is 4.90 Å². The van der Waals surface area contributed by atoms with Gasteiger partial charge >= 0.3 is 0 Å². The Morgan fingerprint density at radius 1 is 1.50 bits per heavy atom. The van der Waals surface area contributed by atoms with Crippen molar-refractivity contribution < 1.29 is 4.74 Å². The molecule has 2 rings (SSSR count). The van der Waals surface area contributed by atoms with E-state index in [9.17, 15) is 0 Å². The van der Waals surface area contributed by atoms with E-state index in [1.54, 1.807) is 11.3 Å². The van der Waals surface area contributed by atoms with E-state index in [4.69, 9.17) is 10.5 Å². The first-order valence-electron chi connectivity index (χ1n) is 6.39. The number of morpholine rings is 1. The Balaban J connectivity index is 2.22. The molecule has 2 heterocycles. The average molecular weight is 333 g/mol. The summed E-state index contributed by atoms with van der Waals surface area (Å²) in [6, 6.07) is 0.0289. The molecule has 1 aliphatic rings. The van der Waals surface area contributed by atoms with Gasteiger partial charge in [0.2, 0.25) is 0 Å². The SMILES string of the molecule is CCC(C)(C(N)c1cscc1Br)N1CCOCC1. The second kappa shape index (κ2) is 6.01. The number of nitrogens with two attached hydrogens (primary N) is 1. The molecule has 0 saturated carbocycles. The van der Waals surface area contributed by atoms with Crippen LogP contribution in [0.1, 0.15) is 31.9 Å². The standard InChI is InChI=1S/C13H21BrN2OS/c1-3-13(2,16-4-6-17-7-5-16)12(15)10-8-18-9-11(10)14/h8-9,12H,3-7,15H2,1-2H3. The molecule has 18 heavy (non-hydrogen) atoms. The van der Waals surface area contributed by atoms with E-state index in [-0.39, 0.29) is 11.6 Å². The predicted molar refractivity (Wildman–Crippen MR) is 80.0 cm³/mol. The number of thiophene rings is 1. The van der Waals surface area contributed by atoms with E-state index in [0.29, 0.717) is 0 Å². The lowest BCUT2D eigenvalue weighted by molar-refractivity contribution is -0.0278. The van der Waals surface area contributed by atoms with Crippen molar-refractivity contribution in [2.24, 2.45) is 5.73 Å². The van der Waals surface area contributed by atoms with Gasteiger partial charge in [0.05, 0.1) is 13.2 Å². The zero-order valence-corrected chi connectivity index (χ0v) is 13.4. The van der Waals surface area contributed by atoms with E-state index >= 15 is 0 Å². The van der Waals surface area contributed by atoms with E-state index in [2.05, 4.69) is 45.4 Å². The predicted octanol–water partition coefficient (Wildman–Crippen LogP) is 3.01. The lowest BCUT2D eigenvalue weighted by Gasteiger charge is -2.46. The Morgan fingerprint density at radius 3 is 2.67 bits per heavy atom. The van der Waals surface area contributed by atoms with Crippen LogP contribution in [-0.2, 0) is 4.74 Å². The maximum atomic E-state index is 6.55. The highest BCUT2D eigenvalue weighted by atomic mass is 79.9. The summed E-state index contributed by atoms with van der Waals surface area (Å²) in [5, 5.41) is 4.26. The molecule has 5 heteroatoms. The van der Waals surface area contributed by atoms with Crippen LogP contribution in [0.15, 0.2) is 15.2 Å². The molecular formula is C13H21BrN2OS. The minimum Gasteiger partial charge on any atom is -0.379 e. The number of hydrogen-bond donors (Lipinski definition) is 1. The van der Waals surface area contributed by atoms with Crippen molar-refractivity contribution in [1.29, 1.82) is 0 Å². The van der Waals surface area contributed by atoms with Crippen LogP contribution in [0.3, 0.4) is 0 Å². The molecule has 1 aromatic rings. The molecule has 102 valence electrons. The van der Waals surface area contributed by atoms with Gasteiger partial charge in [-0.1, -0.05) is 6.92 Å². The molecule has 0 radical (unpaired) electrons. The molecule has 0 aromatic carbocycles. The van der Waals surface area contributed by atoms with Gasteiger partial charge in [0.15, 0.2) is 0 Å². The van der Waals surface area contributed by atoms with Gasteiger partial charge in [-0.15, -0.1) is 0 Å². The molecule has 1 fully saturated rings. The van der Waals surface area contributed by atoms with Gasteiger partial charge in [0, 0.05) is 34.5 Å². The second-order valence-corrected chi connectivity index (χ2v) is 6.56. The fraction of sp³-hybridized carbons (Fsp3) is 0.692. The van der Waals surface area contributed by atoms with Crippen LogP contribution in [0.4, 0.5) is 0 Å². The first-order valence-corrected chi connectivity index (χ1v) is 8.13. The molecule has 0 bridgehead atoms. The first kappa shape index (κ1) is 14.5. The van der Waals surface area contributed by atoms with Gasteiger partial charge in [-0.05, 0) is 40.2 Å². The molecule has 0 amide bonds. The molecule has 0 spiro atoms. The molecule has 3 nitrogen and oxygen atoms in total. The number of nitrogens with zero attached hydrogens (tertiary/aromatic N) is 1. The summed E-state index contributed by atoms with van der Waals surface area (Å²) in [7, 11) is 0. The topological polar surface area (TPSA) is 38.5 Å². The van der Waals surface area contributed by atoms with Gasteiger partial charge < -0.3 is 10.5 Å². The van der Waals surface area contributed by atoms with E-state index in [1.807, 2.05) is 0 Å². The van der Waals surface area contributed by atoms with Crippen molar-refractivity contribution in [2.75, 3.05) is 26.3 Å². The lowest BCUT2D eigenvalue weighted by Crippen LogP contribution is -2.56. The number of ether oxygens (including phenoxy) is 1. The molecular weight excluding hydrogens is 312 g/mol. The van der Waals surface area contributed by atoms with Crippen LogP contribution < -0.4 is 5.73 Å². The summed E-state index contributed by atoms with van der Waals surface area (Å²) in [6.07, 6.45) is 1.04. The molecule has 1 aliphatic heterocycles. The Bertz CT molecular complexity index is 392. The normalized spacial score (nSPS) is 22.7. The second-order valence-electron chi connectivity index (χ2n) is 4.96. The quantitative estimate of drug-likeness (QED) is 0.921. The van der Waals surface area contributed by atoms with Gasteiger partial charge in [-0.2, -0.15) is 11.3 Å².